The van der Waals surface area contributed by atoms with E-state index in [9.17, 15) is 13.2 Å². The Balaban J connectivity index is 2.57. The molecule has 0 bridgehead atoms. The monoisotopic (exact) mass is 312 g/mol. The maximum Gasteiger partial charge on any atom is 0.219 e. The Labute approximate surface area is 127 Å². The number of hydrogen-bond acceptors (Lipinski definition) is 3. The van der Waals surface area contributed by atoms with Crippen molar-refractivity contribution in [2.75, 3.05) is 18.8 Å². The third kappa shape index (κ3) is 6.73. The van der Waals surface area contributed by atoms with Crippen molar-refractivity contribution in [1.82, 2.24) is 9.62 Å². The fourth-order valence-electron chi connectivity index (χ4n) is 2.06. The van der Waals surface area contributed by atoms with Crippen molar-refractivity contribution in [1.29, 1.82) is 0 Å². The van der Waals surface area contributed by atoms with Crippen LogP contribution < -0.4 is 4.72 Å². The molecule has 1 N–H and O–H groups in total. The Bertz CT molecular complexity index is 570. The Morgan fingerprint density at radius 3 is 2.62 bits per heavy atom. The van der Waals surface area contributed by atoms with Crippen molar-refractivity contribution in [3.8, 4) is 0 Å². The second-order valence-corrected chi connectivity index (χ2v) is 7.07. The Morgan fingerprint density at radius 2 is 2.05 bits per heavy atom. The Kier molecular flexibility index (Phi) is 6.84. The number of amides is 1. The molecule has 0 aliphatic carbocycles. The van der Waals surface area contributed by atoms with Gasteiger partial charge in [-0.05, 0) is 18.9 Å². The summed E-state index contributed by atoms with van der Waals surface area (Å²) < 4.78 is 25.7. The minimum absolute atomic E-state index is 0.0637. The highest BCUT2D eigenvalue weighted by atomic mass is 32.2. The van der Waals surface area contributed by atoms with Crippen molar-refractivity contribution < 1.29 is 13.2 Å². The molecule has 0 spiro atoms. The summed E-state index contributed by atoms with van der Waals surface area (Å²) in [4.78, 5) is 13.3. The molecule has 0 saturated heterocycles. The van der Waals surface area contributed by atoms with Gasteiger partial charge in [0.1, 0.15) is 0 Å². The third-order valence-corrected chi connectivity index (χ3v) is 4.67. The summed E-state index contributed by atoms with van der Waals surface area (Å²) in [5.41, 5.74) is 2.18. The lowest BCUT2D eigenvalue weighted by molar-refractivity contribution is -0.129. The molecule has 21 heavy (non-hydrogen) atoms. The van der Waals surface area contributed by atoms with Crippen molar-refractivity contribution in [2.45, 2.75) is 33.7 Å². The second kappa shape index (κ2) is 8.14. The number of carbonyl (C=O) groups excluding carboxylic acids is 1. The first-order valence-corrected chi connectivity index (χ1v) is 8.77. The number of rotatable bonds is 8. The molecule has 1 aromatic carbocycles. The van der Waals surface area contributed by atoms with Gasteiger partial charge >= 0.3 is 0 Å². The molecule has 0 aliphatic heterocycles. The van der Waals surface area contributed by atoms with Crippen LogP contribution in [-0.2, 0) is 21.4 Å². The van der Waals surface area contributed by atoms with Gasteiger partial charge in [-0.25, -0.2) is 13.1 Å². The van der Waals surface area contributed by atoms with Gasteiger partial charge in [-0.15, -0.1) is 0 Å². The molecule has 1 amide bonds. The number of carbonyl (C=O) groups is 1. The topological polar surface area (TPSA) is 66.5 Å². The number of nitrogens with zero attached hydrogens (tertiary/aromatic N) is 1. The fraction of sp³-hybridized carbons (Fsp3) is 0.533. The molecule has 0 fully saturated rings. The number of aryl methyl sites for hydroxylation is 1. The molecule has 1 aromatic rings. The minimum Gasteiger partial charge on any atom is -0.337 e. The van der Waals surface area contributed by atoms with Crippen LogP contribution in [0.3, 0.4) is 0 Å². The van der Waals surface area contributed by atoms with Crippen LogP contribution in [0.4, 0.5) is 0 Å². The molecule has 1 rings (SSSR count). The van der Waals surface area contributed by atoms with E-state index < -0.39 is 10.0 Å². The van der Waals surface area contributed by atoms with E-state index in [0.717, 1.165) is 11.1 Å². The highest BCUT2D eigenvalue weighted by molar-refractivity contribution is 7.89. The number of hydrogen-bond donors (Lipinski definition) is 1. The predicted octanol–water partition coefficient (Wildman–Crippen LogP) is 1.67. The lowest BCUT2D eigenvalue weighted by Gasteiger charge is -2.21. The first-order valence-electron chi connectivity index (χ1n) is 7.12. The maximum absolute atomic E-state index is 11.7. The van der Waals surface area contributed by atoms with E-state index in [4.69, 9.17) is 0 Å². The van der Waals surface area contributed by atoms with Crippen molar-refractivity contribution in [2.24, 2.45) is 0 Å². The van der Waals surface area contributed by atoms with Crippen molar-refractivity contribution >= 4 is 15.9 Å². The fourth-order valence-corrected chi connectivity index (χ4v) is 3.14. The number of sulfonamides is 1. The zero-order valence-corrected chi connectivity index (χ0v) is 13.7. The average molecular weight is 312 g/mol. The Hall–Kier alpha value is -1.40. The van der Waals surface area contributed by atoms with Crippen molar-refractivity contribution in [3.05, 3.63) is 35.4 Å². The Morgan fingerprint density at radius 1 is 1.33 bits per heavy atom. The normalized spacial score (nSPS) is 11.4. The third-order valence-electron chi connectivity index (χ3n) is 3.08. The van der Waals surface area contributed by atoms with Gasteiger partial charge < -0.3 is 4.90 Å². The van der Waals surface area contributed by atoms with E-state index in [-0.39, 0.29) is 18.2 Å². The first kappa shape index (κ1) is 17.7. The first-order chi connectivity index (χ1) is 9.84. The minimum atomic E-state index is -3.22. The number of benzene rings is 1. The van der Waals surface area contributed by atoms with Gasteiger partial charge in [0, 0.05) is 26.6 Å². The average Bonchev–Trinajstić information content (AvgIpc) is 2.37. The van der Waals surface area contributed by atoms with E-state index in [0.29, 0.717) is 19.5 Å². The number of nitrogens with one attached hydrogen (secondary N) is 1. The van der Waals surface area contributed by atoms with Gasteiger partial charge in [-0.3, -0.25) is 4.79 Å². The molecule has 5 nitrogen and oxygen atoms in total. The molecule has 0 atom stereocenters. The molecule has 0 unspecified atom stereocenters. The van der Waals surface area contributed by atoms with E-state index in [1.54, 1.807) is 4.90 Å². The van der Waals surface area contributed by atoms with Gasteiger partial charge in [0.15, 0.2) is 0 Å². The highest BCUT2D eigenvalue weighted by Gasteiger charge is 2.12. The van der Waals surface area contributed by atoms with Crippen LogP contribution in [-0.4, -0.2) is 38.1 Å². The van der Waals surface area contributed by atoms with Gasteiger partial charge in [0.25, 0.3) is 0 Å². The lowest BCUT2D eigenvalue weighted by atomic mass is 10.1. The van der Waals surface area contributed by atoms with E-state index in [1.807, 2.05) is 38.1 Å². The van der Waals surface area contributed by atoms with Gasteiger partial charge in [-0.2, -0.15) is 0 Å². The van der Waals surface area contributed by atoms with Gasteiger partial charge in [0.05, 0.1) is 5.75 Å². The largest absolute Gasteiger partial charge is 0.337 e. The molecule has 0 heterocycles. The highest BCUT2D eigenvalue weighted by Crippen LogP contribution is 2.07. The van der Waals surface area contributed by atoms with E-state index in [1.165, 1.54) is 6.92 Å². The summed E-state index contributed by atoms with van der Waals surface area (Å²) >= 11 is 0. The molecule has 6 heteroatoms. The summed E-state index contributed by atoms with van der Waals surface area (Å²) in [6.07, 6.45) is 0.578. The summed E-state index contributed by atoms with van der Waals surface area (Å²) in [7, 11) is -3.22. The smallest absolute Gasteiger partial charge is 0.219 e. The van der Waals surface area contributed by atoms with Crippen LogP contribution in [0.25, 0.3) is 0 Å². The van der Waals surface area contributed by atoms with Crippen molar-refractivity contribution in [3.63, 3.8) is 0 Å². The summed E-state index contributed by atoms with van der Waals surface area (Å²) in [6, 6.07) is 7.94. The van der Waals surface area contributed by atoms with Crippen LogP contribution in [0, 0.1) is 6.92 Å². The van der Waals surface area contributed by atoms with Gasteiger partial charge in [0.2, 0.25) is 15.9 Å². The zero-order chi connectivity index (χ0) is 15.9. The maximum atomic E-state index is 11.7. The van der Waals surface area contributed by atoms with E-state index in [2.05, 4.69) is 4.72 Å². The van der Waals surface area contributed by atoms with Crippen LogP contribution in [0.2, 0.25) is 0 Å². The molecule has 0 saturated carbocycles. The van der Waals surface area contributed by atoms with Gasteiger partial charge in [-0.1, -0.05) is 36.8 Å². The van der Waals surface area contributed by atoms with Crippen LogP contribution in [0.15, 0.2) is 24.3 Å². The van der Waals surface area contributed by atoms with Crippen LogP contribution in [0.1, 0.15) is 31.4 Å². The summed E-state index contributed by atoms with van der Waals surface area (Å²) in [5, 5.41) is 0. The summed E-state index contributed by atoms with van der Waals surface area (Å²) in [6.45, 7) is 6.42. The molecule has 0 radical (unpaired) electrons. The molecule has 0 aliphatic rings. The molecule has 0 aromatic heterocycles. The molecular weight excluding hydrogens is 288 g/mol. The molecule has 118 valence electrons. The standard InChI is InChI=1S/C15H24N2O3S/c1-4-10-21(19,20)16-8-9-17(14(3)18)12-15-7-5-6-13(2)11-15/h5-7,11,16H,4,8-10,12H2,1-3H3. The quantitative estimate of drug-likeness (QED) is 0.794. The second-order valence-electron chi connectivity index (χ2n) is 5.14. The van der Waals surface area contributed by atoms with E-state index >= 15 is 0 Å². The van der Waals surface area contributed by atoms with Crippen LogP contribution in [0.5, 0.6) is 0 Å². The van der Waals surface area contributed by atoms with Crippen LogP contribution >= 0.6 is 0 Å². The summed E-state index contributed by atoms with van der Waals surface area (Å²) in [5.74, 6) is 0.0523. The SMILES string of the molecule is CCCS(=O)(=O)NCCN(Cc1cccc(C)c1)C(C)=O. The molecular formula is C15H24N2O3S. The lowest BCUT2D eigenvalue weighted by Crippen LogP contribution is -2.37. The zero-order valence-electron chi connectivity index (χ0n) is 12.9. The predicted molar refractivity (Wildman–Crippen MR) is 84.4 cm³/mol.